The van der Waals surface area contributed by atoms with Crippen LogP contribution < -0.4 is 4.90 Å². The molecule has 3 aliphatic heterocycles. The molecule has 164 valence electrons. The fourth-order valence-corrected chi connectivity index (χ4v) is 4.38. The van der Waals surface area contributed by atoms with E-state index in [-0.39, 0.29) is 11.7 Å². The molecular weight excluding hydrogens is 396 g/mol. The van der Waals surface area contributed by atoms with Crippen LogP contribution in [0, 0.1) is 0 Å². The third-order valence-electron chi connectivity index (χ3n) is 6.41. The van der Waals surface area contributed by atoms with Crippen LogP contribution in [0.2, 0.25) is 0 Å². The van der Waals surface area contributed by atoms with Gasteiger partial charge in [-0.2, -0.15) is 0 Å². The number of rotatable bonds is 5. The lowest BCUT2D eigenvalue weighted by Crippen LogP contribution is -2.63. The van der Waals surface area contributed by atoms with Crippen molar-refractivity contribution in [2.75, 3.05) is 51.7 Å². The molecule has 4 rings (SSSR count). The molecule has 0 radical (unpaired) electrons. The summed E-state index contributed by atoms with van der Waals surface area (Å²) in [6, 6.07) is 8.67. The fourth-order valence-electron chi connectivity index (χ4n) is 4.38. The second-order valence-electron chi connectivity index (χ2n) is 8.32. The van der Waals surface area contributed by atoms with Crippen molar-refractivity contribution in [3.63, 3.8) is 0 Å². The van der Waals surface area contributed by atoms with Gasteiger partial charge in [-0.25, -0.2) is 9.37 Å². The van der Waals surface area contributed by atoms with Crippen LogP contribution in [0.3, 0.4) is 0 Å². The summed E-state index contributed by atoms with van der Waals surface area (Å²) < 4.78 is 1.79. The molecule has 9 nitrogen and oxygen atoms in total. The van der Waals surface area contributed by atoms with Gasteiger partial charge in [0.1, 0.15) is 6.54 Å². The number of imide groups is 1. The lowest BCUT2D eigenvalue weighted by atomic mass is 10.1. The van der Waals surface area contributed by atoms with Gasteiger partial charge in [0.2, 0.25) is 0 Å². The number of carbonyl (C=O) groups is 3. The van der Waals surface area contributed by atoms with E-state index in [4.69, 9.17) is 4.99 Å². The number of hydrogen-bond donors (Lipinski definition) is 0. The Hall–Kier alpha value is -3.07. The highest BCUT2D eigenvalue weighted by molar-refractivity contribution is 6.23. The highest BCUT2D eigenvalue weighted by atomic mass is 16.2. The van der Waals surface area contributed by atoms with Gasteiger partial charge >= 0.3 is 11.9 Å². The number of piperazine rings is 1. The minimum Gasteiger partial charge on any atom is -0.369 e. The number of likely N-dealkylation sites (N-methyl/N-ethyl adjacent to an activating group) is 2. The van der Waals surface area contributed by atoms with Crippen LogP contribution in [0.4, 0.5) is 10.5 Å². The standard InChI is InChI=1S/C22H29N6O3/c1-15(16(2)29)28-18(23-20-19(28)21(30)25(4)22(31)24(20)3)14-26-10-12-27(13-11-26)17-8-6-5-7-9-17/h5-9,15,19H,10-14H2,1-4H3/q+1. The number of fused-ring (bicyclic) bond motifs is 1. The minimum absolute atomic E-state index is 0.0437. The van der Waals surface area contributed by atoms with E-state index in [1.165, 1.54) is 24.6 Å². The predicted octanol–water partition coefficient (Wildman–Crippen LogP) is 0.502. The highest BCUT2D eigenvalue weighted by Crippen LogP contribution is 2.22. The molecule has 9 heteroatoms. The van der Waals surface area contributed by atoms with Crippen LogP contribution in [-0.2, 0) is 9.59 Å². The Morgan fingerprint density at radius 3 is 2.35 bits per heavy atom. The van der Waals surface area contributed by atoms with E-state index in [1.807, 2.05) is 18.2 Å². The molecule has 2 saturated heterocycles. The van der Waals surface area contributed by atoms with Crippen LogP contribution in [0.15, 0.2) is 35.3 Å². The number of amidine groups is 2. The first-order chi connectivity index (χ1) is 14.8. The van der Waals surface area contributed by atoms with E-state index < -0.39 is 18.1 Å². The quantitative estimate of drug-likeness (QED) is 0.642. The summed E-state index contributed by atoms with van der Waals surface area (Å²) >= 11 is 0. The maximum atomic E-state index is 12.9. The van der Waals surface area contributed by atoms with E-state index in [0.29, 0.717) is 18.2 Å². The van der Waals surface area contributed by atoms with Crippen LogP contribution in [0.5, 0.6) is 0 Å². The summed E-state index contributed by atoms with van der Waals surface area (Å²) in [4.78, 5) is 49.4. The van der Waals surface area contributed by atoms with Crippen molar-refractivity contribution in [2.45, 2.75) is 25.9 Å². The molecule has 2 unspecified atom stereocenters. The minimum atomic E-state index is -0.743. The molecule has 0 bridgehead atoms. The van der Waals surface area contributed by atoms with E-state index in [0.717, 1.165) is 31.1 Å². The average Bonchev–Trinajstić information content (AvgIpc) is 3.15. The number of benzene rings is 1. The van der Waals surface area contributed by atoms with Crippen molar-refractivity contribution < 1.29 is 19.0 Å². The van der Waals surface area contributed by atoms with Gasteiger partial charge in [0.25, 0.3) is 17.8 Å². The van der Waals surface area contributed by atoms with Crippen molar-refractivity contribution in [1.82, 2.24) is 14.7 Å². The van der Waals surface area contributed by atoms with Gasteiger partial charge < -0.3 is 4.90 Å². The Morgan fingerprint density at radius 2 is 1.74 bits per heavy atom. The maximum Gasteiger partial charge on any atom is 0.333 e. The van der Waals surface area contributed by atoms with Crippen LogP contribution >= 0.6 is 0 Å². The molecule has 0 N–H and O–H groups in total. The van der Waals surface area contributed by atoms with Gasteiger partial charge in [-0.1, -0.05) is 18.2 Å². The molecule has 31 heavy (non-hydrogen) atoms. The lowest BCUT2D eigenvalue weighted by molar-refractivity contribution is -0.556. The molecule has 0 spiro atoms. The summed E-state index contributed by atoms with van der Waals surface area (Å²) in [6.45, 7) is 7.30. The van der Waals surface area contributed by atoms with Crippen molar-refractivity contribution >= 4 is 35.1 Å². The first-order valence-corrected chi connectivity index (χ1v) is 10.6. The van der Waals surface area contributed by atoms with Crippen LogP contribution in [-0.4, -0.2) is 108 Å². The van der Waals surface area contributed by atoms with Crippen LogP contribution in [0.25, 0.3) is 0 Å². The number of ketones is 1. The molecule has 2 fully saturated rings. The van der Waals surface area contributed by atoms with Crippen molar-refractivity contribution in [3.05, 3.63) is 30.3 Å². The first-order valence-electron chi connectivity index (χ1n) is 10.6. The predicted molar refractivity (Wildman–Crippen MR) is 118 cm³/mol. The third kappa shape index (κ3) is 3.74. The van der Waals surface area contributed by atoms with Gasteiger partial charge in [-0.15, -0.1) is 0 Å². The number of Topliss-reactive ketones (excluding diaryl/α,β-unsaturated/α-hetero) is 1. The second kappa shape index (κ2) is 8.22. The zero-order chi connectivity index (χ0) is 22.3. The van der Waals surface area contributed by atoms with Gasteiger partial charge in [-0.05, 0) is 31.0 Å². The summed E-state index contributed by atoms with van der Waals surface area (Å²) in [7, 11) is 3.09. The maximum absolute atomic E-state index is 12.9. The monoisotopic (exact) mass is 425 g/mol. The lowest BCUT2D eigenvalue weighted by Gasteiger charge is -2.35. The topological polar surface area (TPSA) is 79.5 Å². The van der Waals surface area contributed by atoms with E-state index in [2.05, 4.69) is 21.9 Å². The normalized spacial score (nSPS) is 23.3. The van der Waals surface area contributed by atoms with Crippen molar-refractivity contribution in [1.29, 1.82) is 0 Å². The van der Waals surface area contributed by atoms with Crippen molar-refractivity contribution in [3.8, 4) is 0 Å². The number of para-hydroxylation sites is 1. The van der Waals surface area contributed by atoms with E-state index >= 15 is 0 Å². The van der Waals surface area contributed by atoms with E-state index in [1.54, 1.807) is 18.5 Å². The molecule has 1 aromatic carbocycles. The Kier molecular flexibility index (Phi) is 5.62. The summed E-state index contributed by atoms with van der Waals surface area (Å²) in [5.41, 5.74) is 1.21. The summed E-state index contributed by atoms with van der Waals surface area (Å²) in [5.74, 6) is 0.676. The smallest absolute Gasteiger partial charge is 0.333 e. The number of anilines is 1. The zero-order valence-corrected chi connectivity index (χ0v) is 18.5. The molecule has 3 heterocycles. The molecule has 0 aromatic heterocycles. The number of amides is 3. The Labute approximate surface area is 182 Å². The zero-order valence-electron chi connectivity index (χ0n) is 18.5. The summed E-state index contributed by atoms with van der Waals surface area (Å²) in [5, 5.41) is 0. The molecule has 1 aromatic rings. The molecule has 3 aliphatic rings. The highest BCUT2D eigenvalue weighted by Gasteiger charge is 2.54. The van der Waals surface area contributed by atoms with Gasteiger partial charge in [-0.3, -0.25) is 24.3 Å². The number of aliphatic imine (C=N–C) groups is 1. The number of carbonyl (C=O) groups excluding carboxylic acids is 3. The second-order valence-corrected chi connectivity index (χ2v) is 8.32. The van der Waals surface area contributed by atoms with Crippen LogP contribution in [0.1, 0.15) is 13.8 Å². The first kappa shape index (κ1) is 21.2. The fraction of sp³-hybridized carbons (Fsp3) is 0.500. The number of nitrogens with zero attached hydrogens (tertiary/aromatic N) is 6. The number of hydrogen-bond acceptors (Lipinski definition) is 6. The Morgan fingerprint density at radius 1 is 1.10 bits per heavy atom. The molecule has 0 aliphatic carbocycles. The Balaban J connectivity index is 1.57. The van der Waals surface area contributed by atoms with Crippen molar-refractivity contribution in [2.24, 2.45) is 4.99 Å². The van der Waals surface area contributed by atoms with Gasteiger partial charge in [0.05, 0.1) is 0 Å². The summed E-state index contributed by atoms with van der Waals surface area (Å²) in [6.07, 6.45) is 0. The average molecular weight is 426 g/mol. The SMILES string of the molecule is CC(=O)C(C)[N+]1=C(CN2CCN(c3ccccc3)CC2)N=C2C1C(=O)N(C)C(=O)N2C. The molecule has 3 amide bonds. The Bertz CT molecular complexity index is 965. The molecular formula is C22H29N6O3+. The third-order valence-corrected chi connectivity index (χ3v) is 6.41. The molecule has 2 atom stereocenters. The largest absolute Gasteiger partial charge is 0.369 e. The number of urea groups is 1. The van der Waals surface area contributed by atoms with Gasteiger partial charge in [0.15, 0.2) is 11.8 Å². The molecule has 0 saturated carbocycles. The van der Waals surface area contributed by atoms with E-state index in [9.17, 15) is 14.4 Å². The van der Waals surface area contributed by atoms with Gasteiger partial charge in [0, 0.05) is 46.0 Å².